The first kappa shape index (κ1) is 14.0. The van der Waals surface area contributed by atoms with Crippen LogP contribution in [0.5, 0.6) is 0 Å². The summed E-state index contributed by atoms with van der Waals surface area (Å²) >= 11 is 1.44. The van der Waals surface area contributed by atoms with Crippen molar-refractivity contribution in [1.29, 1.82) is 0 Å². The van der Waals surface area contributed by atoms with Crippen molar-refractivity contribution >= 4 is 45.2 Å². The fraction of sp³-hybridized carbons (Fsp3) is 1.00. The third-order valence-electron chi connectivity index (χ3n) is 1.22. The summed E-state index contributed by atoms with van der Waals surface area (Å²) in [4.78, 5) is 0. The SMILES string of the molecule is FC(F)(I)C(F)(F)C(F)(F)CCI. The minimum Gasteiger partial charge on any atom is -0.200 e. The highest BCUT2D eigenvalue weighted by Gasteiger charge is 2.69. The predicted molar refractivity (Wildman–Crippen MR) is 52.4 cm³/mol. The van der Waals surface area contributed by atoms with Gasteiger partial charge >= 0.3 is 15.8 Å². The van der Waals surface area contributed by atoms with E-state index in [1.807, 2.05) is 0 Å². The first-order valence-electron chi connectivity index (χ1n) is 2.94. The molecular weight excluding hydrogens is 428 g/mol. The predicted octanol–water partition coefficient (Wildman–Crippen LogP) is 4.11. The lowest BCUT2D eigenvalue weighted by atomic mass is 10.1. The Kier molecular flexibility index (Phi) is 4.61. The van der Waals surface area contributed by atoms with Crippen LogP contribution >= 0.6 is 45.2 Å². The van der Waals surface area contributed by atoms with Gasteiger partial charge in [-0.05, 0) is 0 Å². The lowest BCUT2D eigenvalue weighted by molar-refractivity contribution is -0.270. The smallest absolute Gasteiger partial charge is 0.200 e. The van der Waals surface area contributed by atoms with Crippen LogP contribution in [0, 0.1) is 0 Å². The fourth-order valence-corrected chi connectivity index (χ4v) is 1.56. The Morgan fingerprint density at radius 1 is 0.923 bits per heavy atom. The molecule has 80 valence electrons. The van der Waals surface area contributed by atoms with Crippen molar-refractivity contribution in [2.75, 3.05) is 4.43 Å². The normalized spacial score (nSPS) is 14.8. The summed E-state index contributed by atoms with van der Waals surface area (Å²) in [5.74, 6) is -9.97. The Bertz CT molecular complexity index is 174. The largest absolute Gasteiger partial charge is 0.381 e. The molecule has 0 aromatic heterocycles. The molecule has 8 heteroatoms. The molecule has 0 saturated heterocycles. The standard InChI is InChI=1S/C5H4F6I2/c6-3(7,1-2-12)4(8,9)5(10,11)13/h1-2H2. The average molecular weight is 432 g/mol. The maximum Gasteiger partial charge on any atom is 0.381 e. The zero-order valence-corrected chi connectivity index (χ0v) is 10.3. The van der Waals surface area contributed by atoms with Crippen LogP contribution in [0.4, 0.5) is 26.3 Å². The molecule has 0 rings (SSSR count). The summed E-state index contributed by atoms with van der Waals surface area (Å²) in [5.41, 5.74) is 0. The van der Waals surface area contributed by atoms with Gasteiger partial charge < -0.3 is 0 Å². The first-order valence-corrected chi connectivity index (χ1v) is 5.55. The second-order valence-corrected chi connectivity index (χ2v) is 4.65. The second kappa shape index (κ2) is 4.27. The molecule has 0 unspecified atom stereocenters. The molecule has 0 aromatic rings. The van der Waals surface area contributed by atoms with Crippen LogP contribution in [0.2, 0.25) is 0 Å². The fourth-order valence-electron chi connectivity index (χ4n) is 0.483. The van der Waals surface area contributed by atoms with Crippen LogP contribution in [0.3, 0.4) is 0 Å². The quantitative estimate of drug-likeness (QED) is 0.357. The molecule has 0 amide bonds. The Morgan fingerprint density at radius 2 is 1.31 bits per heavy atom. The topological polar surface area (TPSA) is 0 Å². The Labute approximate surface area is 97.7 Å². The monoisotopic (exact) mass is 432 g/mol. The van der Waals surface area contributed by atoms with E-state index in [1.165, 1.54) is 22.6 Å². The molecule has 0 aliphatic heterocycles. The zero-order chi connectivity index (χ0) is 10.9. The van der Waals surface area contributed by atoms with Crippen LogP contribution in [0.15, 0.2) is 0 Å². The van der Waals surface area contributed by atoms with Crippen LogP contribution in [-0.2, 0) is 0 Å². The van der Waals surface area contributed by atoms with Gasteiger partial charge in [0.1, 0.15) is 0 Å². The molecule has 0 radical (unpaired) electrons. The molecule has 0 fully saturated rings. The number of alkyl halides is 8. The third kappa shape index (κ3) is 2.99. The third-order valence-corrected chi connectivity index (χ3v) is 2.44. The zero-order valence-electron chi connectivity index (χ0n) is 5.94. The van der Waals surface area contributed by atoms with Gasteiger partial charge in [-0.15, -0.1) is 0 Å². The van der Waals surface area contributed by atoms with Crippen LogP contribution in [0.1, 0.15) is 6.42 Å². The maximum absolute atomic E-state index is 12.5. The highest BCUT2D eigenvalue weighted by Crippen LogP contribution is 2.50. The summed E-state index contributed by atoms with van der Waals surface area (Å²) in [6.45, 7) is 0. The van der Waals surface area contributed by atoms with E-state index in [1.54, 1.807) is 0 Å². The molecule has 0 N–H and O–H groups in total. The molecule has 0 aliphatic carbocycles. The molecule has 0 nitrogen and oxygen atoms in total. The Morgan fingerprint density at radius 3 is 1.54 bits per heavy atom. The summed E-state index contributed by atoms with van der Waals surface area (Å²) in [6.07, 6.45) is -1.26. The lowest BCUT2D eigenvalue weighted by Crippen LogP contribution is -2.51. The van der Waals surface area contributed by atoms with E-state index in [0.717, 1.165) is 0 Å². The van der Waals surface area contributed by atoms with E-state index >= 15 is 0 Å². The van der Waals surface area contributed by atoms with Crippen LogP contribution < -0.4 is 0 Å². The maximum atomic E-state index is 12.5. The van der Waals surface area contributed by atoms with E-state index in [-0.39, 0.29) is 27.0 Å². The van der Waals surface area contributed by atoms with Crippen molar-refractivity contribution in [3.8, 4) is 0 Å². The van der Waals surface area contributed by atoms with E-state index in [4.69, 9.17) is 0 Å². The lowest BCUT2D eigenvalue weighted by Gasteiger charge is -2.29. The van der Waals surface area contributed by atoms with E-state index in [9.17, 15) is 26.3 Å². The highest BCUT2D eigenvalue weighted by molar-refractivity contribution is 14.1. The highest BCUT2D eigenvalue weighted by atomic mass is 127. The van der Waals surface area contributed by atoms with Crippen molar-refractivity contribution < 1.29 is 26.3 Å². The molecule has 0 heterocycles. The second-order valence-electron chi connectivity index (χ2n) is 2.22. The first-order chi connectivity index (χ1) is 5.56. The van der Waals surface area contributed by atoms with E-state index in [2.05, 4.69) is 0 Å². The molecule has 0 bridgehead atoms. The van der Waals surface area contributed by atoms with Crippen molar-refractivity contribution in [3.05, 3.63) is 0 Å². The molecule has 0 atom stereocenters. The Balaban J connectivity index is 4.81. The summed E-state index contributed by atoms with van der Waals surface area (Å²) < 4.78 is 68.8. The molecule has 0 spiro atoms. The molecule has 0 aromatic carbocycles. The van der Waals surface area contributed by atoms with Gasteiger partial charge in [-0.25, -0.2) is 0 Å². The van der Waals surface area contributed by atoms with Gasteiger partial charge in [0, 0.05) is 33.4 Å². The summed E-state index contributed by atoms with van der Waals surface area (Å²) in [5, 5.41) is 0. The van der Waals surface area contributed by atoms with Gasteiger partial charge in [0.15, 0.2) is 0 Å². The number of halogens is 8. The summed E-state index contributed by atoms with van der Waals surface area (Å²) in [7, 11) is 0. The van der Waals surface area contributed by atoms with Gasteiger partial charge in [-0.3, -0.25) is 0 Å². The van der Waals surface area contributed by atoms with Crippen LogP contribution in [-0.4, -0.2) is 20.2 Å². The van der Waals surface area contributed by atoms with Crippen molar-refractivity contribution in [2.24, 2.45) is 0 Å². The minimum atomic E-state index is -5.30. The van der Waals surface area contributed by atoms with E-state index < -0.39 is 22.2 Å². The molecule has 0 aliphatic rings. The van der Waals surface area contributed by atoms with Gasteiger partial charge in [0.2, 0.25) is 0 Å². The number of hydrogen-bond donors (Lipinski definition) is 0. The van der Waals surface area contributed by atoms with Gasteiger partial charge in [0.05, 0.1) is 0 Å². The van der Waals surface area contributed by atoms with Gasteiger partial charge in [-0.1, -0.05) is 22.6 Å². The van der Waals surface area contributed by atoms with Gasteiger partial charge in [-0.2, -0.15) is 26.3 Å². The minimum absolute atomic E-state index is 0.0185. The number of hydrogen-bond acceptors (Lipinski definition) is 0. The van der Waals surface area contributed by atoms with Gasteiger partial charge in [0.25, 0.3) is 0 Å². The van der Waals surface area contributed by atoms with E-state index in [0.29, 0.717) is 0 Å². The van der Waals surface area contributed by atoms with Crippen molar-refractivity contribution in [3.63, 3.8) is 0 Å². The summed E-state index contributed by atoms with van der Waals surface area (Å²) in [6, 6.07) is 0. The molecule has 13 heavy (non-hydrogen) atoms. The molecule has 0 saturated carbocycles. The molecular formula is C5H4F6I2. The van der Waals surface area contributed by atoms with Crippen molar-refractivity contribution in [2.45, 2.75) is 22.2 Å². The average Bonchev–Trinajstić information content (AvgIpc) is 1.84. The number of rotatable bonds is 4. The van der Waals surface area contributed by atoms with Crippen molar-refractivity contribution in [1.82, 2.24) is 0 Å². The Hall–Kier alpha value is 1.04. The van der Waals surface area contributed by atoms with Crippen LogP contribution in [0.25, 0.3) is 0 Å².